The summed E-state index contributed by atoms with van der Waals surface area (Å²) in [5, 5.41) is 9.86. The van der Waals surface area contributed by atoms with Crippen LogP contribution in [0, 0.1) is 12.3 Å². The predicted octanol–water partition coefficient (Wildman–Crippen LogP) is 7.87. The third kappa shape index (κ3) is 7.00. The van der Waals surface area contributed by atoms with E-state index in [1.807, 2.05) is 89.8 Å². The maximum Gasteiger partial charge on any atom is 0.375 e. The fraction of sp³-hybridized carbons (Fsp3) is 0.163. The molecule has 1 N–H and O–H groups in total. The van der Waals surface area contributed by atoms with Crippen molar-refractivity contribution >= 4 is 46.5 Å². The lowest BCUT2D eigenvalue weighted by atomic mass is 9.89. The van der Waals surface area contributed by atoms with Gasteiger partial charge in [-0.3, -0.25) is 4.79 Å². The number of fused-ring (bicyclic) bond motifs is 2. The second-order valence-electron chi connectivity index (χ2n) is 12.1. The van der Waals surface area contributed by atoms with Crippen molar-refractivity contribution in [1.82, 2.24) is 0 Å². The van der Waals surface area contributed by atoms with Gasteiger partial charge in [-0.25, -0.2) is 0 Å². The zero-order valence-corrected chi connectivity index (χ0v) is 29.1. The number of ketones is 1. The third-order valence-corrected chi connectivity index (χ3v) is 9.89. The molecule has 5 aromatic rings. The number of carbonyl (C=O) groups excluding carboxylic acids is 1. The number of Topliss-reactive ketones (excluding diaryl/α,β-unsaturated/α-hetero) is 1. The Balaban J connectivity index is 1.27. The number of terminal acetylenes is 1. The highest BCUT2D eigenvalue weighted by Gasteiger charge is 2.37. The van der Waals surface area contributed by atoms with Gasteiger partial charge in [-0.05, 0) is 41.3 Å². The predicted molar refractivity (Wildman–Crippen MR) is 203 cm³/mol. The van der Waals surface area contributed by atoms with E-state index in [4.69, 9.17) is 20.3 Å². The zero-order valence-electron chi connectivity index (χ0n) is 28.3. The fourth-order valence-corrected chi connectivity index (χ4v) is 6.99. The number of ether oxygens (including phenoxy) is 2. The molecule has 7 rings (SSSR count). The van der Waals surface area contributed by atoms with Gasteiger partial charge in [0.2, 0.25) is 11.5 Å². The molecule has 2 heterocycles. The molecule has 0 amide bonds. The summed E-state index contributed by atoms with van der Waals surface area (Å²) in [6, 6.07) is 30.0. The van der Waals surface area contributed by atoms with E-state index < -0.39 is 0 Å². The molecule has 0 atom stereocenters. The van der Waals surface area contributed by atoms with E-state index in [-0.39, 0.29) is 12.4 Å². The van der Waals surface area contributed by atoms with Crippen molar-refractivity contribution < 1.29 is 28.4 Å². The molecule has 0 bridgehead atoms. The van der Waals surface area contributed by atoms with Crippen molar-refractivity contribution in [3.63, 3.8) is 0 Å². The molecule has 2 aliphatic rings. The number of thioether (sulfide) groups is 1. The van der Waals surface area contributed by atoms with Crippen molar-refractivity contribution in [3.05, 3.63) is 154 Å². The van der Waals surface area contributed by atoms with Crippen molar-refractivity contribution in [1.29, 1.82) is 0 Å². The summed E-state index contributed by atoms with van der Waals surface area (Å²) in [7, 11) is 0. The van der Waals surface area contributed by atoms with Gasteiger partial charge in [0, 0.05) is 46.4 Å². The lowest BCUT2D eigenvalue weighted by Crippen LogP contribution is -2.36. The molecule has 0 radical (unpaired) electrons. The molecular formula is C43H37N2O5S+. The number of rotatable bonds is 13. The van der Waals surface area contributed by atoms with E-state index in [9.17, 15) is 9.90 Å². The number of oxazole rings is 1. The van der Waals surface area contributed by atoms with E-state index >= 15 is 0 Å². The summed E-state index contributed by atoms with van der Waals surface area (Å²) in [5.74, 6) is 5.30. The molecule has 254 valence electrons. The van der Waals surface area contributed by atoms with Gasteiger partial charge < -0.3 is 23.9 Å². The van der Waals surface area contributed by atoms with Crippen molar-refractivity contribution in [3.8, 4) is 23.8 Å². The number of allylic oxidation sites excluding steroid dienone is 3. The Morgan fingerprint density at radius 2 is 1.80 bits per heavy atom. The van der Waals surface area contributed by atoms with Gasteiger partial charge in [-0.1, -0.05) is 86.2 Å². The number of carbonyl (C=O) groups is 1. The summed E-state index contributed by atoms with van der Waals surface area (Å²) in [4.78, 5) is 16.6. The van der Waals surface area contributed by atoms with E-state index in [0.29, 0.717) is 65.5 Å². The van der Waals surface area contributed by atoms with Crippen molar-refractivity contribution in [2.24, 2.45) is 0 Å². The summed E-state index contributed by atoms with van der Waals surface area (Å²) >= 11 is 1.42. The first-order valence-electron chi connectivity index (χ1n) is 16.8. The third-order valence-electron chi connectivity index (χ3n) is 8.85. The number of β-amino-alcohol motifs (C(OH)–C–C–N with tert-alkyl or cyclic N) is 1. The van der Waals surface area contributed by atoms with Gasteiger partial charge in [0.05, 0.1) is 24.1 Å². The fourth-order valence-electron chi connectivity index (χ4n) is 6.15. The number of aromatic nitrogens is 1. The Kier molecular flexibility index (Phi) is 9.93. The normalized spacial score (nSPS) is 15.2. The average Bonchev–Trinajstić information content (AvgIpc) is 3.69. The van der Waals surface area contributed by atoms with Crippen LogP contribution in [0.25, 0.3) is 23.3 Å². The van der Waals surface area contributed by atoms with Crippen LogP contribution in [0.3, 0.4) is 0 Å². The highest BCUT2D eigenvalue weighted by atomic mass is 32.2. The molecule has 0 saturated heterocycles. The number of aliphatic hydroxyl groups is 1. The van der Waals surface area contributed by atoms with Gasteiger partial charge >= 0.3 is 5.89 Å². The summed E-state index contributed by atoms with van der Waals surface area (Å²) in [6.45, 7) is 7.14. The quantitative estimate of drug-likeness (QED) is 0.0765. The van der Waals surface area contributed by atoms with Gasteiger partial charge in [0.1, 0.15) is 12.4 Å². The van der Waals surface area contributed by atoms with Gasteiger partial charge in [0.25, 0.3) is 5.52 Å². The Labute approximate surface area is 301 Å². The number of hydrogen-bond acceptors (Lipinski definition) is 7. The Hall–Kier alpha value is -5.75. The molecule has 1 aromatic heterocycles. The van der Waals surface area contributed by atoms with Gasteiger partial charge in [0.15, 0.2) is 18.1 Å². The topological polar surface area (TPSA) is 76.0 Å². The molecule has 51 heavy (non-hydrogen) atoms. The highest BCUT2D eigenvalue weighted by molar-refractivity contribution is 8.03. The molecule has 7 nitrogen and oxygen atoms in total. The number of anilines is 1. The van der Waals surface area contributed by atoms with Crippen LogP contribution in [0.2, 0.25) is 0 Å². The van der Waals surface area contributed by atoms with Crippen molar-refractivity contribution in [2.75, 3.05) is 23.8 Å². The van der Waals surface area contributed by atoms with E-state index in [0.717, 1.165) is 44.8 Å². The first kappa shape index (κ1) is 33.7. The lowest BCUT2D eigenvalue weighted by molar-refractivity contribution is -0.669. The SMILES string of the molecule is C#CCSC1=C(/C=C2/Oc3cc(CC)ccc3N2CCO)C(=O)/C1=C/c1oc2cc(OCc3ccccc3)ccc2[n+]1Cc1ccc(C=C)cc1. The lowest BCUT2D eigenvalue weighted by Gasteiger charge is -2.24. The van der Waals surface area contributed by atoms with Crippen LogP contribution < -0.4 is 18.9 Å². The Morgan fingerprint density at radius 1 is 1.00 bits per heavy atom. The van der Waals surface area contributed by atoms with Crippen LogP contribution >= 0.6 is 11.8 Å². The zero-order chi connectivity index (χ0) is 35.3. The molecule has 8 heteroatoms. The number of hydrogen-bond donors (Lipinski definition) is 1. The second-order valence-corrected chi connectivity index (χ2v) is 13.1. The molecule has 0 spiro atoms. The maximum atomic E-state index is 14.0. The first-order valence-corrected chi connectivity index (χ1v) is 17.8. The van der Waals surface area contributed by atoms with Crippen LogP contribution in [-0.4, -0.2) is 29.8 Å². The largest absolute Gasteiger partial charge is 0.489 e. The van der Waals surface area contributed by atoms with Crippen LogP contribution in [0.1, 0.15) is 35.1 Å². The Morgan fingerprint density at radius 3 is 2.55 bits per heavy atom. The molecule has 0 fully saturated rings. The number of nitrogens with zero attached hydrogens (tertiary/aromatic N) is 2. The van der Waals surface area contributed by atoms with Gasteiger partial charge in [-0.15, -0.1) is 18.2 Å². The standard InChI is InChI=1S/C43H37N2O5S/c1-4-22-51-43-34(25-40-44(20-21-46)36-18-16-30(6-3)23-38(36)49-40)42(47)35(43)26-41-45(27-31-14-12-29(5-2)13-15-31)37-19-17-33(24-39(37)50-41)48-28-32-10-8-7-9-11-32/h1,5,7-19,23-26,46H,2,6,20-22,27-28H2,3H3/q+1. The van der Waals surface area contributed by atoms with Crippen molar-refractivity contribution in [2.45, 2.75) is 26.5 Å². The molecule has 0 saturated carbocycles. The van der Waals surface area contributed by atoms with Crippen LogP contribution in [0.5, 0.6) is 11.5 Å². The first-order chi connectivity index (χ1) is 25.0. The molecule has 1 aliphatic heterocycles. The summed E-state index contributed by atoms with van der Waals surface area (Å²) in [5.41, 5.74) is 7.66. The number of benzene rings is 4. The summed E-state index contributed by atoms with van der Waals surface area (Å²) < 4.78 is 20.9. The minimum absolute atomic E-state index is 0.0755. The van der Waals surface area contributed by atoms with E-state index in [1.165, 1.54) is 11.8 Å². The number of aryl methyl sites for hydroxylation is 1. The van der Waals surface area contributed by atoms with Crippen LogP contribution in [-0.2, 0) is 24.4 Å². The number of aliphatic hydroxyl groups excluding tert-OH is 1. The molecule has 4 aromatic carbocycles. The van der Waals surface area contributed by atoms with Crippen LogP contribution in [0.4, 0.5) is 5.69 Å². The average molecular weight is 694 g/mol. The van der Waals surface area contributed by atoms with E-state index in [1.54, 1.807) is 12.2 Å². The summed E-state index contributed by atoms with van der Waals surface area (Å²) in [6.07, 6.45) is 11.9. The minimum atomic E-state index is -0.144. The molecule has 0 unspecified atom stereocenters. The Bertz CT molecular complexity index is 2260. The maximum absolute atomic E-state index is 14.0. The monoisotopic (exact) mass is 693 g/mol. The van der Waals surface area contributed by atoms with Crippen LogP contribution in [0.15, 0.2) is 130 Å². The van der Waals surface area contributed by atoms with E-state index in [2.05, 4.69) is 36.1 Å². The highest BCUT2D eigenvalue weighted by Crippen LogP contribution is 2.44. The second kappa shape index (κ2) is 15.0. The minimum Gasteiger partial charge on any atom is -0.489 e. The van der Waals surface area contributed by atoms with Gasteiger partial charge in [-0.2, -0.15) is 4.57 Å². The molecular weight excluding hydrogens is 657 g/mol. The smallest absolute Gasteiger partial charge is 0.375 e. The molecule has 1 aliphatic carbocycles.